The van der Waals surface area contributed by atoms with E-state index in [1.807, 2.05) is 0 Å². The second-order valence-electron chi connectivity index (χ2n) is 4.48. The third-order valence-corrected chi connectivity index (χ3v) is 3.13. The Labute approximate surface area is 120 Å². The minimum atomic E-state index is -1.58. The Bertz CT molecular complexity index is 679. The molecule has 0 aliphatic carbocycles. The fourth-order valence-corrected chi connectivity index (χ4v) is 2.06. The lowest BCUT2D eigenvalue weighted by Crippen LogP contribution is -2.33. The van der Waals surface area contributed by atoms with E-state index in [1.165, 1.54) is 24.3 Å². The number of hydrogen-bond acceptors (Lipinski definition) is 5. The van der Waals surface area contributed by atoms with E-state index in [0.29, 0.717) is 16.2 Å². The van der Waals surface area contributed by atoms with Gasteiger partial charge in [0.25, 0.3) is 11.8 Å². The maximum atomic E-state index is 12.1. The second-order valence-corrected chi connectivity index (χ2v) is 4.48. The zero-order chi connectivity index (χ0) is 15.0. The van der Waals surface area contributed by atoms with E-state index in [2.05, 4.69) is 0 Å². The molecule has 2 aromatic carbocycles. The maximum absolute atomic E-state index is 12.1. The number of amides is 2. The summed E-state index contributed by atoms with van der Waals surface area (Å²) < 4.78 is 0. The SMILES string of the molecule is O=C1c2ccccc2C(=O)N1Oc1ccc(B(O)O)cc1. The Morgan fingerprint density at radius 3 is 1.86 bits per heavy atom. The van der Waals surface area contributed by atoms with Crippen LogP contribution in [0.3, 0.4) is 0 Å². The normalized spacial score (nSPS) is 13.3. The smallest absolute Gasteiger partial charge is 0.423 e. The lowest BCUT2D eigenvalue weighted by Gasteiger charge is -2.14. The number of hydrogen-bond donors (Lipinski definition) is 2. The number of fused-ring (bicyclic) bond motifs is 1. The summed E-state index contributed by atoms with van der Waals surface area (Å²) in [5.74, 6) is -0.808. The Morgan fingerprint density at radius 1 is 0.857 bits per heavy atom. The molecule has 3 rings (SSSR count). The van der Waals surface area contributed by atoms with Crippen molar-refractivity contribution in [1.29, 1.82) is 0 Å². The summed E-state index contributed by atoms with van der Waals surface area (Å²) in [6.07, 6.45) is 0. The predicted molar refractivity (Wildman–Crippen MR) is 73.8 cm³/mol. The van der Waals surface area contributed by atoms with E-state index in [0.717, 1.165) is 0 Å². The van der Waals surface area contributed by atoms with Gasteiger partial charge in [-0.3, -0.25) is 9.59 Å². The molecular formula is C14H10BNO5. The zero-order valence-electron chi connectivity index (χ0n) is 10.8. The van der Waals surface area contributed by atoms with E-state index in [-0.39, 0.29) is 11.2 Å². The van der Waals surface area contributed by atoms with Gasteiger partial charge in [-0.2, -0.15) is 0 Å². The molecule has 7 heteroatoms. The van der Waals surface area contributed by atoms with Gasteiger partial charge in [-0.1, -0.05) is 29.3 Å². The van der Waals surface area contributed by atoms with Crippen LogP contribution in [0.4, 0.5) is 0 Å². The zero-order valence-corrected chi connectivity index (χ0v) is 10.8. The van der Waals surface area contributed by atoms with Crippen LogP contribution in [0.25, 0.3) is 0 Å². The fourth-order valence-electron chi connectivity index (χ4n) is 2.06. The highest BCUT2D eigenvalue weighted by Crippen LogP contribution is 2.24. The molecule has 0 fully saturated rings. The van der Waals surface area contributed by atoms with E-state index >= 15 is 0 Å². The van der Waals surface area contributed by atoms with Crippen LogP contribution < -0.4 is 10.3 Å². The van der Waals surface area contributed by atoms with Gasteiger partial charge < -0.3 is 14.9 Å². The lowest BCUT2D eigenvalue weighted by molar-refractivity contribution is -0.0140. The molecule has 0 saturated carbocycles. The van der Waals surface area contributed by atoms with E-state index < -0.39 is 18.9 Å². The first-order valence-electron chi connectivity index (χ1n) is 6.20. The van der Waals surface area contributed by atoms with Gasteiger partial charge in [0, 0.05) is 0 Å². The molecule has 0 bridgehead atoms. The topological polar surface area (TPSA) is 87.1 Å². The van der Waals surface area contributed by atoms with Crippen molar-refractivity contribution in [3.63, 3.8) is 0 Å². The molecule has 0 atom stereocenters. The van der Waals surface area contributed by atoms with Crippen molar-refractivity contribution >= 4 is 24.4 Å². The average molecular weight is 283 g/mol. The van der Waals surface area contributed by atoms with Crippen LogP contribution in [-0.4, -0.2) is 34.0 Å². The molecule has 1 aliphatic heterocycles. The Balaban J connectivity index is 1.83. The summed E-state index contributed by atoms with van der Waals surface area (Å²) in [6.45, 7) is 0. The fraction of sp³-hybridized carbons (Fsp3) is 0. The number of benzene rings is 2. The van der Waals surface area contributed by atoms with Crippen LogP contribution in [0.15, 0.2) is 48.5 Å². The minimum Gasteiger partial charge on any atom is -0.423 e. The molecule has 6 nitrogen and oxygen atoms in total. The van der Waals surface area contributed by atoms with Gasteiger partial charge in [0.1, 0.15) is 0 Å². The Hall–Kier alpha value is -2.64. The van der Waals surface area contributed by atoms with Crippen LogP contribution in [0.5, 0.6) is 5.75 Å². The molecule has 0 unspecified atom stereocenters. The van der Waals surface area contributed by atoms with Gasteiger partial charge in [-0.25, -0.2) is 0 Å². The predicted octanol–water partition coefficient (Wildman–Crippen LogP) is -0.0436. The molecular weight excluding hydrogens is 273 g/mol. The summed E-state index contributed by atoms with van der Waals surface area (Å²) in [5.41, 5.74) is 0.875. The summed E-state index contributed by atoms with van der Waals surface area (Å²) >= 11 is 0. The van der Waals surface area contributed by atoms with Crippen LogP contribution in [0.2, 0.25) is 0 Å². The van der Waals surface area contributed by atoms with Crippen molar-refractivity contribution in [2.45, 2.75) is 0 Å². The quantitative estimate of drug-likeness (QED) is 0.609. The summed E-state index contributed by atoms with van der Waals surface area (Å²) in [5, 5.41) is 18.7. The maximum Gasteiger partial charge on any atom is 0.488 e. The number of hydroxylamine groups is 2. The summed E-state index contributed by atoms with van der Waals surface area (Å²) in [6, 6.07) is 12.2. The van der Waals surface area contributed by atoms with Gasteiger partial charge in [0.2, 0.25) is 0 Å². The Kier molecular flexibility index (Phi) is 3.21. The van der Waals surface area contributed by atoms with E-state index in [9.17, 15) is 9.59 Å². The molecule has 0 saturated heterocycles. The van der Waals surface area contributed by atoms with Gasteiger partial charge in [-0.15, -0.1) is 0 Å². The lowest BCUT2D eigenvalue weighted by atomic mass is 9.80. The molecule has 21 heavy (non-hydrogen) atoms. The van der Waals surface area contributed by atoms with E-state index in [1.54, 1.807) is 24.3 Å². The number of nitrogens with zero attached hydrogens (tertiary/aromatic N) is 1. The van der Waals surface area contributed by atoms with Crippen molar-refractivity contribution in [1.82, 2.24) is 5.06 Å². The number of rotatable bonds is 3. The second kappa shape index (κ2) is 5.04. The Morgan fingerprint density at radius 2 is 1.38 bits per heavy atom. The first kappa shape index (κ1) is 13.4. The monoisotopic (exact) mass is 283 g/mol. The highest BCUT2D eigenvalue weighted by molar-refractivity contribution is 6.58. The van der Waals surface area contributed by atoms with Gasteiger partial charge >= 0.3 is 7.12 Å². The molecule has 2 amide bonds. The molecule has 0 radical (unpaired) electrons. The highest BCUT2D eigenvalue weighted by Gasteiger charge is 2.37. The molecule has 1 aliphatic rings. The van der Waals surface area contributed by atoms with Crippen molar-refractivity contribution in [2.24, 2.45) is 0 Å². The van der Waals surface area contributed by atoms with E-state index in [4.69, 9.17) is 14.9 Å². The highest BCUT2D eigenvalue weighted by atomic mass is 16.7. The van der Waals surface area contributed by atoms with Crippen molar-refractivity contribution in [3.8, 4) is 5.75 Å². The van der Waals surface area contributed by atoms with Crippen molar-refractivity contribution in [2.75, 3.05) is 0 Å². The summed E-state index contributed by atoms with van der Waals surface area (Å²) in [7, 11) is -1.58. The average Bonchev–Trinajstić information content (AvgIpc) is 2.73. The molecule has 1 heterocycles. The minimum absolute atomic E-state index is 0.244. The number of imide groups is 1. The molecule has 0 spiro atoms. The van der Waals surface area contributed by atoms with Crippen LogP contribution >= 0.6 is 0 Å². The molecule has 2 N–H and O–H groups in total. The van der Waals surface area contributed by atoms with Crippen LogP contribution in [-0.2, 0) is 0 Å². The largest absolute Gasteiger partial charge is 0.488 e. The van der Waals surface area contributed by atoms with Crippen LogP contribution in [0.1, 0.15) is 20.7 Å². The standard InChI is InChI=1S/C14H10BNO5/c17-13-11-3-1-2-4-12(11)14(18)16(13)21-10-7-5-9(6-8-10)15(19)20/h1-8,19-20H. The van der Waals surface area contributed by atoms with Gasteiger partial charge in [0.15, 0.2) is 5.75 Å². The van der Waals surface area contributed by atoms with Gasteiger partial charge in [-0.05, 0) is 29.7 Å². The summed E-state index contributed by atoms with van der Waals surface area (Å²) in [4.78, 5) is 29.5. The third kappa shape index (κ3) is 2.28. The molecule has 104 valence electrons. The molecule has 2 aromatic rings. The molecule has 0 aromatic heterocycles. The number of carbonyl (C=O) groups is 2. The first-order chi connectivity index (χ1) is 10.1. The van der Waals surface area contributed by atoms with Crippen LogP contribution in [0, 0.1) is 0 Å². The number of carbonyl (C=O) groups excluding carboxylic acids is 2. The van der Waals surface area contributed by atoms with Crippen molar-refractivity contribution in [3.05, 3.63) is 59.7 Å². The van der Waals surface area contributed by atoms with Gasteiger partial charge in [0.05, 0.1) is 11.1 Å². The first-order valence-corrected chi connectivity index (χ1v) is 6.20. The third-order valence-electron chi connectivity index (χ3n) is 3.13. The van der Waals surface area contributed by atoms with Crippen molar-refractivity contribution < 1.29 is 24.5 Å².